The summed E-state index contributed by atoms with van der Waals surface area (Å²) in [6, 6.07) is -0.0673. The number of carbonyl (C=O) groups is 1. The van der Waals surface area contributed by atoms with Crippen molar-refractivity contribution < 1.29 is 9.90 Å². The highest BCUT2D eigenvalue weighted by Gasteiger charge is 2.31. The van der Waals surface area contributed by atoms with Crippen LogP contribution in [0.25, 0.3) is 0 Å². The Hall–Kier alpha value is -0.610. The third-order valence-electron chi connectivity index (χ3n) is 5.16. The number of carbonyl (C=O) groups excluding carboxylic acids is 1. The zero-order valence-corrected chi connectivity index (χ0v) is 13.0. The number of nitrogens with one attached hydrogen (secondary N) is 1. The first-order valence-electron chi connectivity index (χ1n) is 8.27. The van der Waals surface area contributed by atoms with Crippen LogP contribution in [0, 0.1) is 11.8 Å². The highest BCUT2D eigenvalue weighted by atomic mass is 16.3. The number of likely N-dealkylation sites (tertiary alicyclic amines) is 1. The van der Waals surface area contributed by atoms with Crippen LogP contribution in [0.15, 0.2) is 0 Å². The summed E-state index contributed by atoms with van der Waals surface area (Å²) in [7, 11) is 0. The number of hydrogen-bond donors (Lipinski definition) is 2. The van der Waals surface area contributed by atoms with Crippen molar-refractivity contribution in [3.8, 4) is 0 Å². The van der Waals surface area contributed by atoms with Crippen LogP contribution in [-0.2, 0) is 4.79 Å². The van der Waals surface area contributed by atoms with Crippen molar-refractivity contribution in [1.29, 1.82) is 0 Å². The minimum atomic E-state index is -0.266. The fourth-order valence-corrected chi connectivity index (χ4v) is 3.51. The van der Waals surface area contributed by atoms with E-state index in [9.17, 15) is 9.90 Å². The second-order valence-electron chi connectivity index (χ2n) is 6.71. The maximum atomic E-state index is 12.2. The molecule has 1 saturated heterocycles. The van der Waals surface area contributed by atoms with Gasteiger partial charge in [-0.05, 0) is 51.5 Å². The van der Waals surface area contributed by atoms with Gasteiger partial charge < -0.3 is 10.4 Å². The quantitative estimate of drug-likeness (QED) is 0.808. The first kappa shape index (κ1) is 15.8. The molecule has 20 heavy (non-hydrogen) atoms. The summed E-state index contributed by atoms with van der Waals surface area (Å²) in [5.41, 5.74) is 0. The molecule has 1 amide bonds. The van der Waals surface area contributed by atoms with Gasteiger partial charge in [-0.1, -0.05) is 19.3 Å². The summed E-state index contributed by atoms with van der Waals surface area (Å²) >= 11 is 0. The molecule has 2 rings (SSSR count). The van der Waals surface area contributed by atoms with Crippen LogP contribution < -0.4 is 5.32 Å². The molecule has 0 aromatic heterocycles. The Kier molecular flexibility index (Phi) is 5.85. The highest BCUT2D eigenvalue weighted by Crippen LogP contribution is 2.23. The van der Waals surface area contributed by atoms with Crippen molar-refractivity contribution in [2.45, 2.75) is 64.5 Å². The van der Waals surface area contributed by atoms with Crippen molar-refractivity contribution in [3.63, 3.8) is 0 Å². The SMILES string of the molecule is CC(O)C1CCN(C(C)C(=O)NCC2CCCCC2)C1. The smallest absolute Gasteiger partial charge is 0.237 e. The van der Waals surface area contributed by atoms with Gasteiger partial charge in [0.2, 0.25) is 5.91 Å². The third-order valence-corrected chi connectivity index (χ3v) is 5.16. The first-order valence-corrected chi connectivity index (χ1v) is 8.27. The molecule has 4 nitrogen and oxygen atoms in total. The molecule has 0 bridgehead atoms. The predicted molar refractivity (Wildman–Crippen MR) is 80.4 cm³/mol. The molecule has 3 atom stereocenters. The number of aliphatic hydroxyl groups is 1. The molecular weight excluding hydrogens is 252 g/mol. The molecule has 116 valence electrons. The Bertz CT molecular complexity index is 314. The Morgan fingerprint density at radius 3 is 2.55 bits per heavy atom. The lowest BCUT2D eigenvalue weighted by molar-refractivity contribution is -0.125. The number of amides is 1. The minimum absolute atomic E-state index is 0.0673. The maximum absolute atomic E-state index is 12.2. The van der Waals surface area contributed by atoms with Crippen molar-refractivity contribution in [2.24, 2.45) is 11.8 Å². The van der Waals surface area contributed by atoms with Crippen LogP contribution in [0.3, 0.4) is 0 Å². The van der Waals surface area contributed by atoms with Crippen LogP contribution in [0.5, 0.6) is 0 Å². The fourth-order valence-electron chi connectivity index (χ4n) is 3.51. The molecule has 0 aromatic rings. The van der Waals surface area contributed by atoms with Crippen molar-refractivity contribution in [3.05, 3.63) is 0 Å². The Labute approximate surface area is 122 Å². The summed E-state index contributed by atoms with van der Waals surface area (Å²) in [5, 5.41) is 12.8. The topological polar surface area (TPSA) is 52.6 Å². The van der Waals surface area contributed by atoms with E-state index in [0.29, 0.717) is 11.8 Å². The van der Waals surface area contributed by atoms with Crippen LogP contribution in [0.1, 0.15) is 52.4 Å². The molecule has 0 spiro atoms. The summed E-state index contributed by atoms with van der Waals surface area (Å²) in [5.74, 6) is 1.16. The van der Waals surface area contributed by atoms with E-state index in [1.54, 1.807) is 0 Å². The standard InChI is InChI=1S/C16H30N2O2/c1-12(18-9-8-15(11-18)13(2)19)16(20)17-10-14-6-4-3-5-7-14/h12-15,19H,3-11H2,1-2H3,(H,17,20). The lowest BCUT2D eigenvalue weighted by Gasteiger charge is -2.26. The predicted octanol–water partition coefficient (Wildman–Crippen LogP) is 1.77. The minimum Gasteiger partial charge on any atom is -0.393 e. The van der Waals surface area contributed by atoms with E-state index in [1.807, 2.05) is 13.8 Å². The van der Waals surface area contributed by atoms with E-state index < -0.39 is 0 Å². The summed E-state index contributed by atoms with van der Waals surface area (Å²) in [6.07, 6.45) is 7.26. The van der Waals surface area contributed by atoms with Crippen molar-refractivity contribution >= 4 is 5.91 Å². The van der Waals surface area contributed by atoms with Gasteiger partial charge in [0.05, 0.1) is 12.1 Å². The number of rotatable bonds is 5. The van der Waals surface area contributed by atoms with Crippen molar-refractivity contribution in [2.75, 3.05) is 19.6 Å². The summed E-state index contributed by atoms with van der Waals surface area (Å²) in [6.45, 7) is 6.45. The zero-order chi connectivity index (χ0) is 14.5. The van der Waals surface area contributed by atoms with Crippen LogP contribution in [0.2, 0.25) is 0 Å². The monoisotopic (exact) mass is 282 g/mol. The zero-order valence-electron chi connectivity index (χ0n) is 13.0. The Morgan fingerprint density at radius 2 is 1.95 bits per heavy atom. The molecule has 0 aromatic carbocycles. The average molecular weight is 282 g/mol. The number of nitrogens with zero attached hydrogens (tertiary/aromatic N) is 1. The molecule has 2 aliphatic rings. The van der Waals surface area contributed by atoms with Crippen LogP contribution >= 0.6 is 0 Å². The van der Waals surface area contributed by atoms with Gasteiger partial charge in [-0.2, -0.15) is 0 Å². The van der Waals surface area contributed by atoms with E-state index >= 15 is 0 Å². The van der Waals surface area contributed by atoms with E-state index in [2.05, 4.69) is 10.2 Å². The van der Waals surface area contributed by atoms with Gasteiger partial charge in [-0.3, -0.25) is 9.69 Å². The van der Waals surface area contributed by atoms with E-state index in [4.69, 9.17) is 0 Å². The second kappa shape index (κ2) is 7.41. The fraction of sp³-hybridized carbons (Fsp3) is 0.938. The van der Waals surface area contributed by atoms with Gasteiger partial charge in [-0.25, -0.2) is 0 Å². The molecule has 0 radical (unpaired) electrons. The number of aliphatic hydroxyl groups excluding tert-OH is 1. The van der Waals surface area contributed by atoms with E-state index in [1.165, 1.54) is 32.1 Å². The molecule has 3 unspecified atom stereocenters. The van der Waals surface area contributed by atoms with E-state index in [0.717, 1.165) is 26.1 Å². The molecular formula is C16H30N2O2. The van der Waals surface area contributed by atoms with Gasteiger partial charge in [0, 0.05) is 13.1 Å². The Morgan fingerprint density at radius 1 is 1.25 bits per heavy atom. The van der Waals surface area contributed by atoms with E-state index in [-0.39, 0.29) is 18.1 Å². The third kappa shape index (κ3) is 4.19. The second-order valence-corrected chi connectivity index (χ2v) is 6.71. The molecule has 1 aliphatic heterocycles. The lowest BCUT2D eigenvalue weighted by Crippen LogP contribution is -2.45. The summed E-state index contributed by atoms with van der Waals surface area (Å²) in [4.78, 5) is 14.4. The largest absolute Gasteiger partial charge is 0.393 e. The van der Waals surface area contributed by atoms with Crippen molar-refractivity contribution in [1.82, 2.24) is 10.2 Å². The summed E-state index contributed by atoms with van der Waals surface area (Å²) < 4.78 is 0. The first-order chi connectivity index (χ1) is 9.58. The van der Waals surface area contributed by atoms with Gasteiger partial charge in [0.1, 0.15) is 0 Å². The highest BCUT2D eigenvalue weighted by molar-refractivity contribution is 5.81. The van der Waals surface area contributed by atoms with Crippen LogP contribution in [0.4, 0.5) is 0 Å². The molecule has 1 saturated carbocycles. The maximum Gasteiger partial charge on any atom is 0.237 e. The Balaban J connectivity index is 1.71. The molecule has 1 aliphatic carbocycles. The number of hydrogen-bond acceptors (Lipinski definition) is 3. The van der Waals surface area contributed by atoms with Crippen LogP contribution in [-0.4, -0.2) is 47.7 Å². The van der Waals surface area contributed by atoms with Gasteiger partial charge in [-0.15, -0.1) is 0 Å². The van der Waals surface area contributed by atoms with Gasteiger partial charge in [0.25, 0.3) is 0 Å². The molecule has 1 heterocycles. The molecule has 4 heteroatoms. The normalized spacial score (nSPS) is 28.2. The molecule has 2 N–H and O–H groups in total. The average Bonchev–Trinajstić information content (AvgIpc) is 2.95. The molecule has 2 fully saturated rings. The lowest BCUT2D eigenvalue weighted by atomic mass is 9.89. The van der Waals surface area contributed by atoms with Gasteiger partial charge in [0.15, 0.2) is 0 Å². The van der Waals surface area contributed by atoms with Gasteiger partial charge >= 0.3 is 0 Å².